The lowest BCUT2D eigenvalue weighted by Crippen LogP contribution is -2.30. The van der Waals surface area contributed by atoms with Crippen molar-refractivity contribution < 1.29 is 22.7 Å². The highest BCUT2D eigenvalue weighted by molar-refractivity contribution is 5.94. The Morgan fingerprint density at radius 1 is 1.13 bits per heavy atom. The van der Waals surface area contributed by atoms with Crippen LogP contribution < -0.4 is 10.1 Å². The predicted molar refractivity (Wildman–Crippen MR) is 81.3 cm³/mol. The zero-order valence-corrected chi connectivity index (χ0v) is 12.6. The SMILES string of the molecule is Cc1cccc(NC(=O)C(C)Oc2cccc(C(F)(F)F)c2)c1. The summed E-state index contributed by atoms with van der Waals surface area (Å²) in [5, 5.41) is 2.66. The van der Waals surface area contributed by atoms with Crippen LogP contribution in [0.2, 0.25) is 0 Å². The number of nitrogens with one attached hydrogen (secondary N) is 1. The van der Waals surface area contributed by atoms with Crippen LogP contribution in [-0.2, 0) is 11.0 Å². The summed E-state index contributed by atoms with van der Waals surface area (Å²) < 4.78 is 43.3. The van der Waals surface area contributed by atoms with Gasteiger partial charge in [-0.05, 0) is 49.7 Å². The van der Waals surface area contributed by atoms with Crippen LogP contribution in [0.5, 0.6) is 5.75 Å². The highest BCUT2D eigenvalue weighted by Crippen LogP contribution is 2.31. The zero-order chi connectivity index (χ0) is 17.0. The van der Waals surface area contributed by atoms with Crippen LogP contribution >= 0.6 is 0 Å². The summed E-state index contributed by atoms with van der Waals surface area (Å²) in [6.45, 7) is 3.36. The molecule has 1 amide bonds. The van der Waals surface area contributed by atoms with Gasteiger partial charge < -0.3 is 10.1 Å². The molecule has 1 atom stereocenters. The number of anilines is 1. The van der Waals surface area contributed by atoms with E-state index in [1.54, 1.807) is 18.2 Å². The molecule has 3 nitrogen and oxygen atoms in total. The maximum Gasteiger partial charge on any atom is 0.416 e. The summed E-state index contributed by atoms with van der Waals surface area (Å²) in [6.07, 6.45) is -5.38. The van der Waals surface area contributed by atoms with Gasteiger partial charge in [-0.3, -0.25) is 4.79 Å². The molecule has 0 heterocycles. The number of hydrogen-bond acceptors (Lipinski definition) is 2. The fraction of sp³-hybridized carbons (Fsp3) is 0.235. The number of amides is 1. The molecular formula is C17H16F3NO2. The molecule has 0 aliphatic carbocycles. The van der Waals surface area contributed by atoms with E-state index in [9.17, 15) is 18.0 Å². The van der Waals surface area contributed by atoms with Crippen molar-refractivity contribution >= 4 is 11.6 Å². The van der Waals surface area contributed by atoms with Crippen molar-refractivity contribution in [3.63, 3.8) is 0 Å². The first kappa shape index (κ1) is 16.9. The third kappa shape index (κ3) is 4.74. The number of halogens is 3. The summed E-state index contributed by atoms with van der Waals surface area (Å²) in [5.41, 5.74) is 0.769. The van der Waals surface area contributed by atoms with Gasteiger partial charge in [-0.1, -0.05) is 18.2 Å². The van der Waals surface area contributed by atoms with Gasteiger partial charge in [-0.2, -0.15) is 13.2 Å². The third-order valence-corrected chi connectivity index (χ3v) is 3.13. The Morgan fingerprint density at radius 2 is 1.83 bits per heavy atom. The van der Waals surface area contributed by atoms with E-state index in [-0.39, 0.29) is 5.75 Å². The largest absolute Gasteiger partial charge is 0.481 e. The van der Waals surface area contributed by atoms with Crippen LogP contribution in [-0.4, -0.2) is 12.0 Å². The normalized spacial score (nSPS) is 12.6. The second kappa shape index (κ2) is 6.73. The minimum absolute atomic E-state index is 0.00767. The number of aryl methyl sites for hydroxylation is 1. The molecule has 122 valence electrons. The van der Waals surface area contributed by atoms with Gasteiger partial charge in [0.2, 0.25) is 0 Å². The van der Waals surface area contributed by atoms with Gasteiger partial charge in [0.15, 0.2) is 6.10 Å². The van der Waals surface area contributed by atoms with Crippen LogP contribution in [0, 0.1) is 6.92 Å². The molecule has 0 saturated carbocycles. The molecule has 0 saturated heterocycles. The maximum atomic E-state index is 12.7. The molecule has 0 aliphatic heterocycles. The molecule has 0 bridgehead atoms. The monoisotopic (exact) mass is 323 g/mol. The smallest absolute Gasteiger partial charge is 0.416 e. The van der Waals surface area contributed by atoms with Crippen molar-refractivity contribution in [3.05, 3.63) is 59.7 Å². The van der Waals surface area contributed by atoms with Gasteiger partial charge >= 0.3 is 6.18 Å². The Morgan fingerprint density at radius 3 is 2.48 bits per heavy atom. The Labute approximate surface area is 132 Å². The van der Waals surface area contributed by atoms with Gasteiger partial charge in [-0.25, -0.2) is 0 Å². The number of carbonyl (C=O) groups excluding carboxylic acids is 1. The van der Waals surface area contributed by atoms with Gasteiger partial charge in [0.1, 0.15) is 5.75 Å². The standard InChI is InChI=1S/C17H16F3NO2/c1-11-5-3-7-14(9-11)21-16(22)12(2)23-15-8-4-6-13(10-15)17(18,19)20/h3-10,12H,1-2H3,(H,21,22). The first-order chi connectivity index (χ1) is 10.8. The first-order valence-electron chi connectivity index (χ1n) is 6.97. The van der Waals surface area contributed by atoms with Gasteiger partial charge in [-0.15, -0.1) is 0 Å². The Kier molecular flexibility index (Phi) is 4.93. The van der Waals surface area contributed by atoms with Gasteiger partial charge in [0.05, 0.1) is 5.56 Å². The molecular weight excluding hydrogens is 307 g/mol. The van der Waals surface area contributed by atoms with Crippen LogP contribution in [0.25, 0.3) is 0 Å². The molecule has 0 fully saturated rings. The fourth-order valence-corrected chi connectivity index (χ4v) is 1.97. The van der Waals surface area contributed by atoms with Crippen molar-refractivity contribution in [2.24, 2.45) is 0 Å². The van der Waals surface area contributed by atoms with Gasteiger partial charge in [0, 0.05) is 5.69 Å². The number of ether oxygens (including phenoxy) is 1. The van der Waals surface area contributed by atoms with Crippen LogP contribution in [0.15, 0.2) is 48.5 Å². The molecule has 0 aromatic heterocycles. The van der Waals surface area contributed by atoms with Crippen LogP contribution in [0.1, 0.15) is 18.1 Å². The first-order valence-corrected chi connectivity index (χ1v) is 6.97. The third-order valence-electron chi connectivity index (χ3n) is 3.13. The minimum atomic E-state index is -4.45. The molecule has 0 radical (unpaired) electrons. The number of rotatable bonds is 4. The van der Waals surface area contributed by atoms with Crippen molar-refractivity contribution in [2.45, 2.75) is 26.1 Å². The quantitative estimate of drug-likeness (QED) is 0.904. The Balaban J connectivity index is 2.04. The number of carbonyl (C=O) groups is 1. The Bertz CT molecular complexity index is 698. The molecule has 1 N–H and O–H groups in total. The molecule has 2 rings (SSSR count). The highest BCUT2D eigenvalue weighted by atomic mass is 19.4. The second-order valence-corrected chi connectivity index (χ2v) is 5.14. The molecule has 2 aromatic rings. The zero-order valence-electron chi connectivity index (χ0n) is 12.6. The summed E-state index contributed by atoms with van der Waals surface area (Å²) in [4.78, 5) is 12.1. The van der Waals surface area contributed by atoms with E-state index in [2.05, 4.69) is 5.32 Å². The summed E-state index contributed by atoms with van der Waals surface area (Å²) in [5.74, 6) is -0.445. The van der Waals surface area contributed by atoms with E-state index >= 15 is 0 Å². The number of hydrogen-bond donors (Lipinski definition) is 1. The van der Waals surface area contributed by atoms with E-state index in [0.717, 1.165) is 17.7 Å². The van der Waals surface area contributed by atoms with Crippen molar-refractivity contribution in [1.29, 1.82) is 0 Å². The summed E-state index contributed by atoms with van der Waals surface area (Å²) >= 11 is 0. The lowest BCUT2D eigenvalue weighted by atomic mass is 10.2. The van der Waals surface area contributed by atoms with Crippen molar-refractivity contribution in [2.75, 3.05) is 5.32 Å². The van der Waals surface area contributed by atoms with E-state index in [4.69, 9.17) is 4.74 Å². The average molecular weight is 323 g/mol. The number of alkyl halides is 3. The molecule has 0 aliphatic rings. The number of benzene rings is 2. The molecule has 6 heteroatoms. The lowest BCUT2D eigenvalue weighted by Gasteiger charge is -2.16. The lowest BCUT2D eigenvalue weighted by molar-refractivity contribution is -0.137. The Hall–Kier alpha value is -2.50. The molecule has 2 aromatic carbocycles. The topological polar surface area (TPSA) is 38.3 Å². The van der Waals surface area contributed by atoms with E-state index in [1.807, 2.05) is 13.0 Å². The van der Waals surface area contributed by atoms with E-state index in [1.165, 1.54) is 19.1 Å². The highest BCUT2D eigenvalue weighted by Gasteiger charge is 2.30. The predicted octanol–water partition coefficient (Wildman–Crippen LogP) is 4.42. The fourth-order valence-electron chi connectivity index (χ4n) is 1.97. The minimum Gasteiger partial charge on any atom is -0.481 e. The van der Waals surface area contributed by atoms with E-state index in [0.29, 0.717) is 5.69 Å². The summed E-state index contributed by atoms with van der Waals surface area (Å²) in [6, 6.07) is 11.6. The molecule has 0 spiro atoms. The van der Waals surface area contributed by atoms with Crippen LogP contribution in [0.4, 0.5) is 18.9 Å². The van der Waals surface area contributed by atoms with Crippen molar-refractivity contribution in [1.82, 2.24) is 0 Å². The maximum absolute atomic E-state index is 12.7. The average Bonchev–Trinajstić information content (AvgIpc) is 2.46. The summed E-state index contributed by atoms with van der Waals surface area (Å²) in [7, 11) is 0. The van der Waals surface area contributed by atoms with Crippen LogP contribution in [0.3, 0.4) is 0 Å². The van der Waals surface area contributed by atoms with E-state index < -0.39 is 23.8 Å². The van der Waals surface area contributed by atoms with Crippen molar-refractivity contribution in [3.8, 4) is 5.75 Å². The molecule has 23 heavy (non-hydrogen) atoms. The van der Waals surface area contributed by atoms with Gasteiger partial charge in [0.25, 0.3) is 5.91 Å². The molecule has 1 unspecified atom stereocenters. The second-order valence-electron chi connectivity index (χ2n) is 5.14.